The predicted molar refractivity (Wildman–Crippen MR) is 81.5 cm³/mol. The molecule has 112 valence electrons. The molecule has 0 aliphatic heterocycles. The molecule has 2 aromatic rings. The predicted octanol–water partition coefficient (Wildman–Crippen LogP) is 2.81. The highest BCUT2D eigenvalue weighted by atomic mass is 32.1. The molecule has 0 bridgehead atoms. The molecular formula is C14H17N3O3S. The molecule has 2 amide bonds. The van der Waals surface area contributed by atoms with E-state index in [4.69, 9.17) is 4.42 Å². The Morgan fingerprint density at radius 1 is 1.38 bits per heavy atom. The van der Waals surface area contributed by atoms with E-state index in [1.165, 1.54) is 18.3 Å². The Bertz CT molecular complexity index is 660. The highest BCUT2D eigenvalue weighted by molar-refractivity contribution is 7.19. The van der Waals surface area contributed by atoms with Gasteiger partial charge in [-0.1, -0.05) is 18.3 Å². The van der Waals surface area contributed by atoms with Gasteiger partial charge in [0.2, 0.25) is 5.91 Å². The van der Waals surface area contributed by atoms with Gasteiger partial charge in [0, 0.05) is 13.5 Å². The molecule has 21 heavy (non-hydrogen) atoms. The fraction of sp³-hybridized carbons (Fsp3) is 0.357. The van der Waals surface area contributed by atoms with Crippen molar-refractivity contribution in [2.24, 2.45) is 0 Å². The summed E-state index contributed by atoms with van der Waals surface area (Å²) in [4.78, 5) is 27.9. The Kier molecular flexibility index (Phi) is 4.74. The van der Waals surface area contributed by atoms with E-state index in [0.717, 1.165) is 17.0 Å². The first-order chi connectivity index (χ1) is 10.0. The Morgan fingerprint density at radius 3 is 2.81 bits per heavy atom. The second-order valence-corrected chi connectivity index (χ2v) is 5.53. The van der Waals surface area contributed by atoms with Gasteiger partial charge >= 0.3 is 0 Å². The van der Waals surface area contributed by atoms with E-state index in [0.29, 0.717) is 17.4 Å². The van der Waals surface area contributed by atoms with E-state index in [-0.39, 0.29) is 17.6 Å². The summed E-state index contributed by atoms with van der Waals surface area (Å²) in [6.45, 7) is 5.86. The van der Waals surface area contributed by atoms with Gasteiger partial charge in [0.05, 0.1) is 10.6 Å². The van der Waals surface area contributed by atoms with Crippen LogP contribution in [0.2, 0.25) is 0 Å². The largest absolute Gasteiger partial charge is 0.450 e. The average Bonchev–Trinajstić information content (AvgIpc) is 3.02. The van der Waals surface area contributed by atoms with E-state index < -0.39 is 0 Å². The van der Waals surface area contributed by atoms with E-state index in [9.17, 15) is 9.59 Å². The smallest absolute Gasteiger partial charge is 0.287 e. The van der Waals surface area contributed by atoms with Crippen molar-refractivity contribution in [1.29, 1.82) is 0 Å². The highest BCUT2D eigenvalue weighted by Crippen LogP contribution is 2.33. The van der Waals surface area contributed by atoms with Crippen LogP contribution in [0, 0.1) is 6.92 Å². The normalized spacial score (nSPS) is 10.4. The molecule has 0 radical (unpaired) electrons. The Morgan fingerprint density at radius 2 is 2.14 bits per heavy atom. The number of nitrogens with zero attached hydrogens (tertiary/aromatic N) is 1. The molecule has 0 aliphatic carbocycles. The van der Waals surface area contributed by atoms with E-state index >= 15 is 0 Å². The molecule has 2 heterocycles. The van der Waals surface area contributed by atoms with Gasteiger partial charge < -0.3 is 15.1 Å². The third-order valence-corrected chi connectivity index (χ3v) is 3.76. The molecule has 0 unspecified atom stereocenters. The zero-order valence-electron chi connectivity index (χ0n) is 12.1. The highest BCUT2D eigenvalue weighted by Gasteiger charge is 2.16. The van der Waals surface area contributed by atoms with Crippen LogP contribution in [0.1, 0.15) is 36.5 Å². The third-order valence-electron chi connectivity index (χ3n) is 2.67. The maximum Gasteiger partial charge on any atom is 0.287 e. The van der Waals surface area contributed by atoms with Crippen LogP contribution in [0.3, 0.4) is 0 Å². The summed E-state index contributed by atoms with van der Waals surface area (Å²) in [5, 5.41) is 5.92. The van der Waals surface area contributed by atoms with Gasteiger partial charge in [0.1, 0.15) is 5.76 Å². The van der Waals surface area contributed by atoms with Crippen LogP contribution in [-0.4, -0.2) is 23.3 Å². The molecular weight excluding hydrogens is 290 g/mol. The van der Waals surface area contributed by atoms with Gasteiger partial charge in [-0.25, -0.2) is 4.98 Å². The minimum atomic E-state index is -0.229. The van der Waals surface area contributed by atoms with Crippen LogP contribution in [0.15, 0.2) is 16.5 Å². The summed E-state index contributed by atoms with van der Waals surface area (Å²) in [6, 6.07) is 3.37. The zero-order valence-corrected chi connectivity index (χ0v) is 13.0. The van der Waals surface area contributed by atoms with Gasteiger partial charge in [0.25, 0.3) is 5.91 Å². The van der Waals surface area contributed by atoms with Crippen molar-refractivity contribution in [2.75, 3.05) is 11.9 Å². The molecule has 0 fully saturated rings. The minimum absolute atomic E-state index is 0.172. The number of aryl methyl sites for hydroxylation is 1. The van der Waals surface area contributed by atoms with Crippen LogP contribution < -0.4 is 10.6 Å². The first-order valence-corrected chi connectivity index (χ1v) is 7.46. The lowest BCUT2D eigenvalue weighted by Crippen LogP contribution is -2.23. The summed E-state index contributed by atoms with van der Waals surface area (Å²) in [5.41, 5.74) is 0.749. The number of thiazole rings is 1. The lowest BCUT2D eigenvalue weighted by Gasteiger charge is -1.99. The van der Waals surface area contributed by atoms with Gasteiger partial charge in [-0.05, 0) is 25.5 Å². The number of rotatable bonds is 5. The number of carbonyl (C=O) groups excluding carboxylic acids is 2. The van der Waals surface area contributed by atoms with Crippen molar-refractivity contribution in [1.82, 2.24) is 10.3 Å². The van der Waals surface area contributed by atoms with Crippen LogP contribution in [-0.2, 0) is 4.79 Å². The van der Waals surface area contributed by atoms with Crippen molar-refractivity contribution in [2.45, 2.75) is 27.2 Å². The zero-order chi connectivity index (χ0) is 15.4. The van der Waals surface area contributed by atoms with Gasteiger partial charge in [-0.2, -0.15) is 0 Å². The Hall–Kier alpha value is -2.15. The topological polar surface area (TPSA) is 84.2 Å². The van der Waals surface area contributed by atoms with Gasteiger partial charge in [-0.3, -0.25) is 9.59 Å². The van der Waals surface area contributed by atoms with E-state index in [1.54, 1.807) is 12.1 Å². The Balaban J connectivity index is 2.19. The van der Waals surface area contributed by atoms with Crippen LogP contribution in [0.4, 0.5) is 5.13 Å². The molecule has 6 nitrogen and oxygen atoms in total. The summed E-state index contributed by atoms with van der Waals surface area (Å²) < 4.78 is 5.57. The van der Waals surface area contributed by atoms with Crippen LogP contribution in [0.25, 0.3) is 10.6 Å². The summed E-state index contributed by atoms with van der Waals surface area (Å²) >= 11 is 1.32. The fourth-order valence-corrected chi connectivity index (χ4v) is 2.71. The number of anilines is 1. The molecule has 7 heteroatoms. The monoisotopic (exact) mass is 307 g/mol. The number of nitrogens with one attached hydrogen (secondary N) is 2. The average molecular weight is 307 g/mol. The molecule has 0 aliphatic rings. The third kappa shape index (κ3) is 3.69. The molecule has 0 spiro atoms. The standard InChI is InChI=1S/C14H17N3O3S/c1-4-7-15-13(19)11-6-5-10(20-11)12-8(2)16-14(21-12)17-9(3)18/h5-6H,4,7H2,1-3H3,(H,15,19)(H,16,17,18). The molecule has 0 saturated heterocycles. The number of hydrogen-bond acceptors (Lipinski definition) is 5. The Labute approximate surface area is 126 Å². The molecule has 0 atom stereocenters. The minimum Gasteiger partial charge on any atom is -0.450 e. The first-order valence-electron chi connectivity index (χ1n) is 6.64. The number of amides is 2. The number of carbonyl (C=O) groups is 2. The second-order valence-electron chi connectivity index (χ2n) is 4.53. The lowest BCUT2D eigenvalue weighted by atomic mass is 10.3. The van der Waals surface area contributed by atoms with Crippen LogP contribution >= 0.6 is 11.3 Å². The van der Waals surface area contributed by atoms with E-state index in [2.05, 4.69) is 15.6 Å². The SMILES string of the molecule is CCCNC(=O)c1ccc(-c2sc(NC(C)=O)nc2C)o1. The quantitative estimate of drug-likeness (QED) is 0.889. The molecule has 2 N–H and O–H groups in total. The number of aromatic nitrogens is 1. The van der Waals surface area contributed by atoms with Crippen molar-refractivity contribution in [3.05, 3.63) is 23.6 Å². The van der Waals surface area contributed by atoms with Crippen molar-refractivity contribution >= 4 is 28.3 Å². The summed E-state index contributed by atoms with van der Waals surface area (Å²) in [6.07, 6.45) is 0.868. The van der Waals surface area contributed by atoms with Gasteiger partial charge in [-0.15, -0.1) is 0 Å². The molecule has 2 rings (SSSR count). The second kappa shape index (κ2) is 6.53. The lowest BCUT2D eigenvalue weighted by molar-refractivity contribution is -0.114. The molecule has 0 saturated carbocycles. The van der Waals surface area contributed by atoms with Crippen molar-refractivity contribution in [3.8, 4) is 10.6 Å². The van der Waals surface area contributed by atoms with Gasteiger partial charge in [0.15, 0.2) is 10.9 Å². The first kappa shape index (κ1) is 15.2. The summed E-state index contributed by atoms with van der Waals surface area (Å²) in [7, 11) is 0. The molecule has 0 aromatic carbocycles. The summed E-state index contributed by atoms with van der Waals surface area (Å²) in [5.74, 6) is 0.442. The maximum atomic E-state index is 11.8. The number of hydrogen-bond donors (Lipinski definition) is 2. The fourth-order valence-electron chi connectivity index (χ4n) is 1.74. The molecule has 2 aromatic heterocycles. The maximum absolute atomic E-state index is 11.8. The van der Waals surface area contributed by atoms with Crippen molar-refractivity contribution in [3.63, 3.8) is 0 Å². The van der Waals surface area contributed by atoms with E-state index in [1.807, 2.05) is 13.8 Å². The van der Waals surface area contributed by atoms with Crippen LogP contribution in [0.5, 0.6) is 0 Å². The van der Waals surface area contributed by atoms with Crippen molar-refractivity contribution < 1.29 is 14.0 Å². The number of furan rings is 1.